The maximum Gasteiger partial charge on any atom is 0.416 e. The SMILES string of the molecule is CC#CCCC1CCC(c2ccc(/C=C(\C)c3ccc(C(F)(F)F)cc3)cc2)CC1. The van der Waals surface area contributed by atoms with Gasteiger partial charge in [0, 0.05) is 6.42 Å². The highest BCUT2D eigenvalue weighted by Crippen LogP contribution is 2.37. The summed E-state index contributed by atoms with van der Waals surface area (Å²) in [7, 11) is 0. The summed E-state index contributed by atoms with van der Waals surface area (Å²) >= 11 is 0. The van der Waals surface area contributed by atoms with Crippen molar-refractivity contribution in [3.05, 3.63) is 70.8 Å². The lowest BCUT2D eigenvalue weighted by Crippen LogP contribution is -2.13. The van der Waals surface area contributed by atoms with E-state index in [1.807, 2.05) is 19.9 Å². The van der Waals surface area contributed by atoms with Gasteiger partial charge in [-0.1, -0.05) is 42.5 Å². The number of allylic oxidation sites excluding steroid dienone is 1. The molecule has 2 aromatic carbocycles. The van der Waals surface area contributed by atoms with Crippen LogP contribution in [0.1, 0.15) is 80.5 Å². The number of hydrogen-bond acceptors (Lipinski definition) is 0. The van der Waals surface area contributed by atoms with Crippen LogP contribution >= 0.6 is 0 Å². The zero-order valence-electron chi connectivity index (χ0n) is 17.7. The molecule has 0 aliphatic heterocycles. The molecular weight excluding hydrogens is 381 g/mol. The predicted octanol–water partition coefficient (Wildman–Crippen LogP) is 8.34. The molecule has 0 atom stereocenters. The van der Waals surface area contributed by atoms with Gasteiger partial charge in [-0.15, -0.1) is 11.8 Å². The minimum atomic E-state index is -4.30. The van der Waals surface area contributed by atoms with Gasteiger partial charge in [-0.05, 0) is 92.2 Å². The molecule has 1 saturated carbocycles. The predicted molar refractivity (Wildman–Crippen MR) is 119 cm³/mol. The minimum absolute atomic E-state index is 0.614. The van der Waals surface area contributed by atoms with E-state index in [4.69, 9.17) is 0 Å². The first kappa shape index (κ1) is 22.2. The number of alkyl halides is 3. The summed E-state index contributed by atoms with van der Waals surface area (Å²) in [5.74, 6) is 7.60. The van der Waals surface area contributed by atoms with Crippen LogP contribution in [-0.4, -0.2) is 0 Å². The van der Waals surface area contributed by atoms with Gasteiger partial charge in [0.1, 0.15) is 0 Å². The monoisotopic (exact) mass is 410 g/mol. The summed E-state index contributed by atoms with van der Waals surface area (Å²) in [6, 6.07) is 14.0. The zero-order valence-corrected chi connectivity index (χ0v) is 17.7. The summed E-state index contributed by atoms with van der Waals surface area (Å²) in [5.41, 5.74) is 3.61. The van der Waals surface area contributed by atoms with Gasteiger partial charge in [0.25, 0.3) is 0 Å². The molecule has 0 heterocycles. The Balaban J connectivity index is 1.59. The van der Waals surface area contributed by atoms with Crippen LogP contribution in [0.3, 0.4) is 0 Å². The van der Waals surface area contributed by atoms with E-state index < -0.39 is 11.7 Å². The van der Waals surface area contributed by atoms with Crippen molar-refractivity contribution in [2.45, 2.75) is 64.5 Å². The molecule has 1 fully saturated rings. The van der Waals surface area contributed by atoms with Crippen molar-refractivity contribution < 1.29 is 13.2 Å². The quantitative estimate of drug-likeness (QED) is 0.343. The first-order valence-corrected chi connectivity index (χ1v) is 10.7. The third-order valence-electron chi connectivity index (χ3n) is 6.16. The molecule has 0 radical (unpaired) electrons. The maximum atomic E-state index is 12.7. The molecule has 0 unspecified atom stereocenters. The summed E-state index contributed by atoms with van der Waals surface area (Å²) in [6.07, 6.45) is 5.02. The average Bonchev–Trinajstić information content (AvgIpc) is 2.74. The van der Waals surface area contributed by atoms with Gasteiger partial charge in [0.2, 0.25) is 0 Å². The van der Waals surface area contributed by atoms with Gasteiger partial charge in [0.05, 0.1) is 5.56 Å². The van der Waals surface area contributed by atoms with Crippen LogP contribution < -0.4 is 0 Å². The number of hydrogen-bond donors (Lipinski definition) is 0. The Bertz CT molecular complexity index is 898. The first-order valence-electron chi connectivity index (χ1n) is 10.7. The fourth-order valence-electron chi connectivity index (χ4n) is 4.31. The van der Waals surface area contributed by atoms with Crippen LogP contribution in [0.15, 0.2) is 48.5 Å². The molecule has 3 rings (SSSR count). The van der Waals surface area contributed by atoms with Gasteiger partial charge in [0.15, 0.2) is 0 Å². The highest BCUT2D eigenvalue weighted by atomic mass is 19.4. The summed E-state index contributed by atoms with van der Waals surface area (Å²) in [5, 5.41) is 0. The fourth-order valence-corrected chi connectivity index (χ4v) is 4.31. The Labute approximate surface area is 178 Å². The van der Waals surface area contributed by atoms with Crippen molar-refractivity contribution in [3.8, 4) is 11.8 Å². The lowest BCUT2D eigenvalue weighted by molar-refractivity contribution is -0.137. The number of benzene rings is 2. The second-order valence-corrected chi connectivity index (χ2v) is 8.25. The lowest BCUT2D eigenvalue weighted by Gasteiger charge is -2.28. The van der Waals surface area contributed by atoms with Crippen molar-refractivity contribution in [3.63, 3.8) is 0 Å². The van der Waals surface area contributed by atoms with Crippen LogP contribution in [0.2, 0.25) is 0 Å². The van der Waals surface area contributed by atoms with E-state index in [9.17, 15) is 13.2 Å². The van der Waals surface area contributed by atoms with E-state index in [1.54, 1.807) is 0 Å². The van der Waals surface area contributed by atoms with E-state index >= 15 is 0 Å². The van der Waals surface area contributed by atoms with Crippen LogP contribution in [0, 0.1) is 17.8 Å². The maximum absolute atomic E-state index is 12.7. The molecule has 0 amide bonds. The molecule has 30 heavy (non-hydrogen) atoms. The zero-order chi connectivity index (χ0) is 21.6. The third-order valence-corrected chi connectivity index (χ3v) is 6.16. The second-order valence-electron chi connectivity index (χ2n) is 8.25. The fraction of sp³-hybridized carbons (Fsp3) is 0.407. The Morgan fingerprint density at radius 2 is 1.60 bits per heavy atom. The van der Waals surface area contributed by atoms with Gasteiger partial charge in [-0.2, -0.15) is 13.2 Å². The van der Waals surface area contributed by atoms with Crippen LogP contribution in [-0.2, 0) is 6.18 Å². The standard InChI is InChI=1S/C27H29F3/c1-3-4-5-6-21-7-11-24(12-8-21)25-13-9-22(10-14-25)19-20(2)23-15-17-26(18-16-23)27(28,29)30/h9-10,13-19,21,24H,5-8,11-12H2,1-2H3/b20-19+. The topological polar surface area (TPSA) is 0 Å². The molecular formula is C27H29F3. The Hall–Kier alpha value is -2.47. The number of rotatable bonds is 5. The van der Waals surface area contributed by atoms with Crippen molar-refractivity contribution in [1.29, 1.82) is 0 Å². The van der Waals surface area contributed by atoms with Gasteiger partial charge in [-0.25, -0.2) is 0 Å². The van der Waals surface area contributed by atoms with Crippen LogP contribution in [0.4, 0.5) is 13.2 Å². The Kier molecular flexibility index (Phi) is 7.43. The van der Waals surface area contributed by atoms with Crippen LogP contribution in [0.5, 0.6) is 0 Å². The van der Waals surface area contributed by atoms with Crippen molar-refractivity contribution in [2.24, 2.45) is 5.92 Å². The van der Waals surface area contributed by atoms with Gasteiger partial charge < -0.3 is 0 Å². The van der Waals surface area contributed by atoms with Crippen molar-refractivity contribution >= 4 is 11.6 Å². The second kappa shape index (κ2) is 10.0. The first-order chi connectivity index (χ1) is 14.4. The summed E-state index contributed by atoms with van der Waals surface area (Å²) in [6.45, 7) is 3.83. The molecule has 0 saturated heterocycles. The van der Waals surface area contributed by atoms with Gasteiger partial charge in [-0.3, -0.25) is 0 Å². The van der Waals surface area contributed by atoms with E-state index in [0.717, 1.165) is 41.2 Å². The van der Waals surface area contributed by atoms with Crippen LogP contribution in [0.25, 0.3) is 11.6 Å². The Morgan fingerprint density at radius 3 is 2.17 bits per heavy atom. The molecule has 0 bridgehead atoms. The van der Waals surface area contributed by atoms with E-state index in [2.05, 4.69) is 36.1 Å². The highest BCUT2D eigenvalue weighted by molar-refractivity contribution is 5.80. The Morgan fingerprint density at radius 1 is 0.967 bits per heavy atom. The third kappa shape index (κ3) is 6.02. The molecule has 0 N–H and O–H groups in total. The molecule has 0 nitrogen and oxygen atoms in total. The molecule has 1 aliphatic carbocycles. The molecule has 158 valence electrons. The van der Waals surface area contributed by atoms with Gasteiger partial charge >= 0.3 is 6.18 Å². The van der Waals surface area contributed by atoms with Crippen molar-refractivity contribution in [1.82, 2.24) is 0 Å². The highest BCUT2D eigenvalue weighted by Gasteiger charge is 2.30. The van der Waals surface area contributed by atoms with E-state index in [0.29, 0.717) is 5.92 Å². The van der Waals surface area contributed by atoms with E-state index in [1.165, 1.54) is 49.8 Å². The summed E-state index contributed by atoms with van der Waals surface area (Å²) in [4.78, 5) is 0. The molecule has 2 aromatic rings. The molecule has 1 aliphatic rings. The minimum Gasteiger partial charge on any atom is -0.166 e. The molecule has 0 spiro atoms. The summed E-state index contributed by atoms with van der Waals surface area (Å²) < 4.78 is 38.2. The molecule has 0 aromatic heterocycles. The number of halogens is 3. The lowest BCUT2D eigenvalue weighted by atomic mass is 9.77. The van der Waals surface area contributed by atoms with Crippen molar-refractivity contribution in [2.75, 3.05) is 0 Å². The smallest absolute Gasteiger partial charge is 0.166 e. The molecule has 3 heteroatoms. The largest absolute Gasteiger partial charge is 0.416 e. The normalized spacial score (nSPS) is 19.8. The van der Waals surface area contributed by atoms with E-state index in [-0.39, 0.29) is 0 Å². The average molecular weight is 411 g/mol.